The Hall–Kier alpha value is -1.64. The molecule has 0 spiro atoms. The Bertz CT molecular complexity index is 705. The largest absolute Gasteiger partial charge is 0.467 e. The van der Waals surface area contributed by atoms with Gasteiger partial charge in [0.2, 0.25) is 0 Å². The van der Waals surface area contributed by atoms with E-state index in [1.165, 1.54) is 26.4 Å². The number of ether oxygens (including phenoxy) is 1. The van der Waals surface area contributed by atoms with Crippen LogP contribution in [0.15, 0.2) is 16.6 Å². The molecule has 2 rings (SSSR count). The molecule has 28 heavy (non-hydrogen) atoms. The summed E-state index contributed by atoms with van der Waals surface area (Å²) < 4.78 is 5.20. The van der Waals surface area contributed by atoms with Crippen LogP contribution in [0, 0.1) is 0 Å². The van der Waals surface area contributed by atoms with Gasteiger partial charge in [0.05, 0.1) is 19.4 Å². The molecule has 0 aliphatic heterocycles. The highest BCUT2D eigenvalue weighted by atomic mass is 79.9. The second-order valence-electron chi connectivity index (χ2n) is 7.31. The highest BCUT2D eigenvalue weighted by Crippen LogP contribution is 2.32. The van der Waals surface area contributed by atoms with Gasteiger partial charge in [0.25, 0.3) is 5.91 Å². The van der Waals surface area contributed by atoms with E-state index in [1.54, 1.807) is 12.1 Å². The summed E-state index contributed by atoms with van der Waals surface area (Å²) in [5, 5.41) is 15.5. The maximum Gasteiger partial charge on any atom is 0.330 e. The van der Waals surface area contributed by atoms with Gasteiger partial charge in [-0.25, -0.2) is 4.79 Å². The van der Waals surface area contributed by atoms with Crippen LogP contribution >= 0.6 is 15.9 Å². The monoisotopic (exact) mass is 455 g/mol. The number of rotatable bonds is 8. The first-order valence-electron chi connectivity index (χ1n) is 9.68. The summed E-state index contributed by atoms with van der Waals surface area (Å²) in [6.45, 7) is 2.21. The van der Waals surface area contributed by atoms with Crippen molar-refractivity contribution in [3.8, 4) is 0 Å². The molecule has 0 aromatic heterocycles. The molecule has 5 N–H and O–H groups in total. The molecule has 7 nitrogen and oxygen atoms in total. The van der Waals surface area contributed by atoms with E-state index in [1.807, 2.05) is 0 Å². The number of halogens is 1. The summed E-state index contributed by atoms with van der Waals surface area (Å²) in [6, 6.07) is 2.22. The van der Waals surface area contributed by atoms with Crippen LogP contribution in [0.1, 0.15) is 61.4 Å². The predicted octanol–water partition coefficient (Wildman–Crippen LogP) is 2.50. The van der Waals surface area contributed by atoms with Gasteiger partial charge in [0, 0.05) is 22.1 Å². The Morgan fingerprint density at radius 2 is 2.00 bits per heavy atom. The molecule has 0 heterocycles. The van der Waals surface area contributed by atoms with E-state index < -0.39 is 24.5 Å². The number of esters is 1. The van der Waals surface area contributed by atoms with Crippen LogP contribution in [-0.4, -0.2) is 42.3 Å². The van der Waals surface area contributed by atoms with E-state index in [-0.39, 0.29) is 5.54 Å². The molecule has 1 aromatic rings. The number of aliphatic hydroxyl groups is 1. The number of amides is 1. The molecule has 1 aliphatic carbocycles. The molecule has 1 atom stereocenters. The van der Waals surface area contributed by atoms with Crippen molar-refractivity contribution in [2.75, 3.05) is 19.5 Å². The van der Waals surface area contributed by atoms with Crippen LogP contribution in [0.4, 0.5) is 5.69 Å². The van der Waals surface area contributed by atoms with Gasteiger partial charge in [-0.1, -0.05) is 26.2 Å². The number of anilines is 1. The van der Waals surface area contributed by atoms with Gasteiger partial charge in [-0.15, -0.1) is 0 Å². The lowest BCUT2D eigenvalue weighted by Gasteiger charge is -2.38. The van der Waals surface area contributed by atoms with Gasteiger partial charge >= 0.3 is 5.97 Å². The fourth-order valence-electron chi connectivity index (χ4n) is 3.68. The first kappa shape index (κ1) is 22.6. The number of nitrogens with two attached hydrogens (primary N) is 1. The number of aliphatic hydroxyl groups excluding tert-OH is 1. The lowest BCUT2D eigenvalue weighted by atomic mass is 9.79. The smallest absolute Gasteiger partial charge is 0.330 e. The van der Waals surface area contributed by atoms with Crippen molar-refractivity contribution in [2.45, 2.75) is 63.6 Å². The molecular weight excluding hydrogens is 426 g/mol. The van der Waals surface area contributed by atoms with Crippen LogP contribution in [-0.2, 0) is 16.1 Å². The molecule has 0 radical (unpaired) electrons. The second-order valence-corrected chi connectivity index (χ2v) is 8.17. The molecule has 1 amide bonds. The second kappa shape index (κ2) is 10.2. The maximum absolute atomic E-state index is 12.6. The van der Waals surface area contributed by atoms with E-state index in [4.69, 9.17) is 5.73 Å². The summed E-state index contributed by atoms with van der Waals surface area (Å²) in [5.74, 6) is -1.18. The van der Waals surface area contributed by atoms with Crippen molar-refractivity contribution < 1.29 is 19.4 Å². The van der Waals surface area contributed by atoms with Crippen LogP contribution in [0.5, 0.6) is 0 Å². The first-order valence-corrected chi connectivity index (χ1v) is 10.5. The van der Waals surface area contributed by atoms with Gasteiger partial charge in [0.1, 0.15) is 0 Å². The SMILES string of the molecule is CCC1(NCc2cc(C(=O)N[C@@H](CO)C(=O)OC)cc(Br)c2N)CCCCC1. The van der Waals surface area contributed by atoms with Gasteiger partial charge in [-0.05, 0) is 52.9 Å². The predicted molar refractivity (Wildman–Crippen MR) is 112 cm³/mol. The molecule has 0 bridgehead atoms. The fraction of sp³-hybridized carbons (Fsp3) is 0.600. The lowest BCUT2D eigenvalue weighted by Crippen LogP contribution is -2.46. The third-order valence-electron chi connectivity index (χ3n) is 5.59. The Balaban J connectivity index is 2.16. The summed E-state index contributed by atoms with van der Waals surface area (Å²) in [6.07, 6.45) is 7.05. The van der Waals surface area contributed by atoms with Crippen LogP contribution in [0.2, 0.25) is 0 Å². The Labute approximate surface area is 174 Å². The Morgan fingerprint density at radius 1 is 1.32 bits per heavy atom. The van der Waals surface area contributed by atoms with Crippen molar-refractivity contribution in [3.05, 3.63) is 27.7 Å². The molecule has 0 saturated heterocycles. The third kappa shape index (κ3) is 5.46. The van der Waals surface area contributed by atoms with Gasteiger partial charge in [0.15, 0.2) is 6.04 Å². The van der Waals surface area contributed by atoms with Crippen LogP contribution in [0.25, 0.3) is 0 Å². The average molecular weight is 456 g/mol. The number of benzene rings is 1. The molecule has 156 valence electrons. The van der Waals surface area contributed by atoms with Gasteiger partial charge in [-0.2, -0.15) is 0 Å². The van der Waals surface area contributed by atoms with Crippen molar-refractivity contribution in [1.82, 2.24) is 10.6 Å². The number of nitrogens with one attached hydrogen (secondary N) is 2. The Kier molecular flexibility index (Phi) is 8.27. The zero-order valence-electron chi connectivity index (χ0n) is 16.5. The molecule has 1 aliphatic rings. The number of hydrogen-bond donors (Lipinski definition) is 4. The first-order chi connectivity index (χ1) is 13.4. The number of hydrogen-bond acceptors (Lipinski definition) is 6. The molecule has 1 saturated carbocycles. The Morgan fingerprint density at radius 3 is 2.57 bits per heavy atom. The topological polar surface area (TPSA) is 114 Å². The van der Waals surface area contributed by atoms with E-state index in [2.05, 4.69) is 38.2 Å². The van der Waals surface area contributed by atoms with Crippen LogP contribution < -0.4 is 16.4 Å². The highest BCUT2D eigenvalue weighted by molar-refractivity contribution is 9.10. The summed E-state index contributed by atoms with van der Waals surface area (Å²) in [5.41, 5.74) is 8.08. The lowest BCUT2D eigenvalue weighted by molar-refractivity contribution is -0.143. The van der Waals surface area contributed by atoms with E-state index in [0.29, 0.717) is 22.3 Å². The van der Waals surface area contributed by atoms with Crippen molar-refractivity contribution in [1.29, 1.82) is 0 Å². The normalized spacial score (nSPS) is 17.0. The van der Waals surface area contributed by atoms with E-state index in [0.717, 1.165) is 24.8 Å². The summed E-state index contributed by atoms with van der Waals surface area (Å²) in [4.78, 5) is 24.2. The molecule has 0 unspecified atom stereocenters. The van der Waals surface area contributed by atoms with Gasteiger partial charge in [-0.3, -0.25) is 4.79 Å². The average Bonchev–Trinajstić information content (AvgIpc) is 2.72. The number of carbonyl (C=O) groups is 2. The van der Waals surface area contributed by atoms with Crippen molar-refractivity contribution >= 4 is 33.5 Å². The highest BCUT2D eigenvalue weighted by Gasteiger charge is 2.29. The molecule has 1 aromatic carbocycles. The van der Waals surface area contributed by atoms with E-state index >= 15 is 0 Å². The number of nitrogen functional groups attached to an aromatic ring is 1. The van der Waals surface area contributed by atoms with Crippen LogP contribution in [0.3, 0.4) is 0 Å². The van der Waals surface area contributed by atoms with Crippen molar-refractivity contribution in [2.24, 2.45) is 0 Å². The molecule has 1 fully saturated rings. The van der Waals surface area contributed by atoms with E-state index in [9.17, 15) is 14.7 Å². The quantitative estimate of drug-likeness (QED) is 0.353. The number of methoxy groups -OCH3 is 1. The minimum Gasteiger partial charge on any atom is -0.467 e. The summed E-state index contributed by atoms with van der Waals surface area (Å²) >= 11 is 3.41. The minimum atomic E-state index is -1.11. The zero-order valence-corrected chi connectivity index (χ0v) is 18.1. The summed E-state index contributed by atoms with van der Waals surface area (Å²) in [7, 11) is 1.20. The fourth-order valence-corrected chi connectivity index (χ4v) is 4.18. The molecule has 8 heteroatoms. The molecular formula is C20H30BrN3O4. The maximum atomic E-state index is 12.6. The third-order valence-corrected chi connectivity index (χ3v) is 6.25. The minimum absolute atomic E-state index is 0.113. The van der Waals surface area contributed by atoms with Gasteiger partial charge < -0.3 is 26.2 Å². The van der Waals surface area contributed by atoms with Crippen molar-refractivity contribution in [3.63, 3.8) is 0 Å². The zero-order chi connectivity index (χ0) is 20.7. The number of carbonyl (C=O) groups excluding carboxylic acids is 2. The standard InChI is InChI=1S/C20H30BrN3O4/c1-3-20(7-5-4-6-8-20)23-11-14-9-13(10-15(21)17(14)22)18(26)24-16(12-25)19(27)28-2/h9-10,16,23,25H,3-8,11-12,22H2,1-2H3,(H,24,26)/t16-/m0/s1.